The number of carbonyl (C=O) groups excluding carboxylic acids is 1. The number of carbonyl (C=O) groups is 1. The Hall–Kier alpha value is -1.51. The van der Waals surface area contributed by atoms with Crippen molar-refractivity contribution in [1.82, 2.24) is 0 Å². The number of hydrogen-bond acceptors (Lipinski definition) is 3. The van der Waals surface area contributed by atoms with Gasteiger partial charge in [0.2, 0.25) is 0 Å². The number of nitrogen functional groups attached to an aromatic ring is 1. The van der Waals surface area contributed by atoms with Crippen molar-refractivity contribution in [2.75, 3.05) is 12.8 Å². The van der Waals surface area contributed by atoms with Gasteiger partial charge in [0.15, 0.2) is 5.78 Å². The fourth-order valence-electron chi connectivity index (χ4n) is 1.24. The first-order valence-electron chi connectivity index (χ1n) is 4.02. The van der Waals surface area contributed by atoms with E-state index < -0.39 is 0 Å². The van der Waals surface area contributed by atoms with Gasteiger partial charge in [0.05, 0.1) is 12.7 Å². The normalized spacial score (nSPS) is 9.77. The summed E-state index contributed by atoms with van der Waals surface area (Å²) in [4.78, 5) is 11.2. The number of rotatable bonds is 2. The molecule has 0 aromatic heterocycles. The first-order valence-corrected chi connectivity index (χ1v) is 4.02. The molecule has 3 heteroatoms. The molecule has 0 unspecified atom stereocenters. The SMILES string of the molecule is COc1ccc(C)c(N)c1C(C)=O. The Morgan fingerprint density at radius 1 is 1.46 bits per heavy atom. The van der Waals surface area contributed by atoms with Gasteiger partial charge < -0.3 is 10.5 Å². The van der Waals surface area contributed by atoms with Gasteiger partial charge in [-0.2, -0.15) is 0 Å². The molecule has 0 fully saturated rings. The zero-order valence-electron chi connectivity index (χ0n) is 8.05. The molecule has 1 aromatic rings. The smallest absolute Gasteiger partial charge is 0.165 e. The van der Waals surface area contributed by atoms with Gasteiger partial charge >= 0.3 is 0 Å². The maximum atomic E-state index is 11.2. The highest BCUT2D eigenvalue weighted by Gasteiger charge is 2.12. The second kappa shape index (κ2) is 3.47. The average Bonchev–Trinajstić information content (AvgIpc) is 2.08. The van der Waals surface area contributed by atoms with Gasteiger partial charge in [-0.15, -0.1) is 0 Å². The van der Waals surface area contributed by atoms with E-state index >= 15 is 0 Å². The van der Waals surface area contributed by atoms with Gasteiger partial charge in [-0.1, -0.05) is 6.07 Å². The van der Waals surface area contributed by atoms with Crippen LogP contribution in [0.3, 0.4) is 0 Å². The summed E-state index contributed by atoms with van der Waals surface area (Å²) in [6, 6.07) is 3.59. The number of methoxy groups -OCH3 is 1. The molecule has 70 valence electrons. The number of ketones is 1. The number of hydrogen-bond donors (Lipinski definition) is 1. The molecule has 0 aliphatic carbocycles. The molecular weight excluding hydrogens is 166 g/mol. The average molecular weight is 179 g/mol. The number of aryl methyl sites for hydroxylation is 1. The van der Waals surface area contributed by atoms with Crippen LogP contribution in [0.5, 0.6) is 5.75 Å². The Kier molecular flexibility index (Phi) is 2.56. The van der Waals surface area contributed by atoms with Crippen LogP contribution >= 0.6 is 0 Å². The molecule has 0 amide bonds. The summed E-state index contributed by atoms with van der Waals surface area (Å²) in [5.41, 5.74) is 7.63. The van der Waals surface area contributed by atoms with E-state index in [1.807, 2.05) is 13.0 Å². The van der Waals surface area contributed by atoms with Crippen molar-refractivity contribution >= 4 is 11.5 Å². The van der Waals surface area contributed by atoms with Crippen molar-refractivity contribution < 1.29 is 9.53 Å². The summed E-state index contributed by atoms with van der Waals surface area (Å²) in [7, 11) is 1.52. The van der Waals surface area contributed by atoms with Crippen molar-refractivity contribution in [3.8, 4) is 5.75 Å². The van der Waals surface area contributed by atoms with Crippen LogP contribution < -0.4 is 10.5 Å². The quantitative estimate of drug-likeness (QED) is 0.556. The van der Waals surface area contributed by atoms with Crippen molar-refractivity contribution in [1.29, 1.82) is 0 Å². The van der Waals surface area contributed by atoms with Crippen molar-refractivity contribution in [3.63, 3.8) is 0 Å². The number of benzene rings is 1. The predicted octanol–water partition coefficient (Wildman–Crippen LogP) is 1.79. The molecule has 1 aromatic carbocycles. The van der Waals surface area contributed by atoms with E-state index in [1.165, 1.54) is 14.0 Å². The second-order valence-corrected chi connectivity index (χ2v) is 2.93. The van der Waals surface area contributed by atoms with Gasteiger partial charge in [-0.25, -0.2) is 0 Å². The highest BCUT2D eigenvalue weighted by molar-refractivity contribution is 6.02. The van der Waals surface area contributed by atoms with Gasteiger partial charge in [0.1, 0.15) is 5.75 Å². The van der Waals surface area contributed by atoms with Crippen LogP contribution in [0, 0.1) is 6.92 Å². The number of ether oxygens (including phenoxy) is 1. The first kappa shape index (κ1) is 9.58. The molecule has 0 saturated heterocycles. The molecule has 1 rings (SSSR count). The van der Waals surface area contributed by atoms with Gasteiger partial charge in [0, 0.05) is 5.69 Å². The van der Waals surface area contributed by atoms with Crippen LogP contribution in [0.2, 0.25) is 0 Å². The van der Waals surface area contributed by atoms with E-state index in [-0.39, 0.29) is 5.78 Å². The van der Waals surface area contributed by atoms with Crippen LogP contribution in [0.4, 0.5) is 5.69 Å². The largest absolute Gasteiger partial charge is 0.496 e. The third kappa shape index (κ3) is 1.64. The molecule has 3 nitrogen and oxygen atoms in total. The summed E-state index contributed by atoms with van der Waals surface area (Å²) in [6.45, 7) is 3.34. The van der Waals surface area contributed by atoms with E-state index in [2.05, 4.69) is 0 Å². The summed E-state index contributed by atoms with van der Waals surface area (Å²) >= 11 is 0. The summed E-state index contributed by atoms with van der Waals surface area (Å²) < 4.78 is 5.04. The Labute approximate surface area is 77.5 Å². The Morgan fingerprint density at radius 3 is 2.54 bits per heavy atom. The molecule has 2 N–H and O–H groups in total. The third-order valence-corrected chi connectivity index (χ3v) is 2.00. The third-order valence-electron chi connectivity index (χ3n) is 2.00. The number of Topliss-reactive ketones (excluding diaryl/α,β-unsaturated/α-hetero) is 1. The molecular formula is C10H13NO2. The number of anilines is 1. The zero-order chi connectivity index (χ0) is 10.0. The molecule has 0 heterocycles. The van der Waals surface area contributed by atoms with Gasteiger partial charge in [-0.05, 0) is 25.5 Å². The van der Waals surface area contributed by atoms with Crippen molar-refractivity contribution in [3.05, 3.63) is 23.3 Å². The highest BCUT2D eigenvalue weighted by Crippen LogP contribution is 2.27. The van der Waals surface area contributed by atoms with Gasteiger partial charge in [0.25, 0.3) is 0 Å². The number of nitrogens with two attached hydrogens (primary N) is 1. The van der Waals surface area contributed by atoms with E-state index in [0.717, 1.165) is 5.56 Å². The van der Waals surface area contributed by atoms with Gasteiger partial charge in [-0.3, -0.25) is 4.79 Å². The molecule has 0 radical (unpaired) electrons. The lowest BCUT2D eigenvalue weighted by Crippen LogP contribution is -2.04. The van der Waals surface area contributed by atoms with E-state index in [9.17, 15) is 4.79 Å². The monoisotopic (exact) mass is 179 g/mol. The maximum absolute atomic E-state index is 11.2. The van der Waals surface area contributed by atoms with Crippen molar-refractivity contribution in [2.24, 2.45) is 0 Å². The Bertz CT molecular complexity index is 345. The predicted molar refractivity (Wildman–Crippen MR) is 52.1 cm³/mol. The Balaban J connectivity index is 3.41. The lowest BCUT2D eigenvalue weighted by atomic mass is 10.0. The van der Waals surface area contributed by atoms with Crippen LogP contribution in [-0.2, 0) is 0 Å². The molecule has 13 heavy (non-hydrogen) atoms. The van der Waals surface area contributed by atoms with Crippen LogP contribution in [0.1, 0.15) is 22.8 Å². The molecule has 0 bridgehead atoms. The highest BCUT2D eigenvalue weighted by atomic mass is 16.5. The molecule has 0 saturated carbocycles. The second-order valence-electron chi connectivity index (χ2n) is 2.93. The fourth-order valence-corrected chi connectivity index (χ4v) is 1.24. The Morgan fingerprint density at radius 2 is 2.08 bits per heavy atom. The molecule has 0 atom stereocenters. The lowest BCUT2D eigenvalue weighted by molar-refractivity contribution is 0.101. The van der Waals surface area contributed by atoms with Crippen LogP contribution in [0.25, 0.3) is 0 Å². The molecule has 0 aliphatic heterocycles. The lowest BCUT2D eigenvalue weighted by Gasteiger charge is -2.10. The van der Waals surface area contributed by atoms with E-state index in [1.54, 1.807) is 6.07 Å². The minimum Gasteiger partial charge on any atom is -0.496 e. The summed E-state index contributed by atoms with van der Waals surface area (Å²) in [6.07, 6.45) is 0. The van der Waals surface area contributed by atoms with Crippen LogP contribution in [0.15, 0.2) is 12.1 Å². The minimum absolute atomic E-state index is 0.0712. The topological polar surface area (TPSA) is 52.3 Å². The fraction of sp³-hybridized carbons (Fsp3) is 0.300. The summed E-state index contributed by atoms with van der Waals surface area (Å²) in [5.74, 6) is 0.466. The first-order chi connectivity index (χ1) is 6.07. The zero-order valence-corrected chi connectivity index (χ0v) is 8.05. The summed E-state index contributed by atoms with van der Waals surface area (Å²) in [5, 5.41) is 0. The minimum atomic E-state index is -0.0712. The van der Waals surface area contributed by atoms with E-state index in [4.69, 9.17) is 10.5 Å². The molecule has 0 aliphatic rings. The maximum Gasteiger partial charge on any atom is 0.165 e. The van der Waals surface area contributed by atoms with E-state index in [0.29, 0.717) is 17.0 Å². The van der Waals surface area contributed by atoms with Crippen molar-refractivity contribution in [2.45, 2.75) is 13.8 Å². The standard InChI is InChI=1S/C10H13NO2/c1-6-4-5-8(13-3)9(7(2)12)10(6)11/h4-5H,11H2,1-3H3. The molecule has 0 spiro atoms. The van der Waals surface area contributed by atoms with Crippen LogP contribution in [-0.4, -0.2) is 12.9 Å².